The van der Waals surface area contributed by atoms with E-state index in [2.05, 4.69) is 41.4 Å². The third-order valence-electron chi connectivity index (χ3n) is 5.08. The van der Waals surface area contributed by atoms with E-state index < -0.39 is 5.41 Å². The molecule has 0 saturated carbocycles. The van der Waals surface area contributed by atoms with Crippen LogP contribution in [0.5, 0.6) is 0 Å². The van der Waals surface area contributed by atoms with Crippen LogP contribution in [0.4, 0.5) is 5.69 Å². The summed E-state index contributed by atoms with van der Waals surface area (Å²) in [7, 11) is 0. The predicted octanol–water partition coefficient (Wildman–Crippen LogP) is 6.41. The Bertz CT molecular complexity index is 1120. The van der Waals surface area contributed by atoms with Gasteiger partial charge in [0.15, 0.2) is 0 Å². The van der Waals surface area contributed by atoms with Gasteiger partial charge in [-0.2, -0.15) is 0 Å². The number of amides is 1. The van der Waals surface area contributed by atoms with Crippen LogP contribution >= 0.6 is 0 Å². The molecule has 1 aromatic heterocycles. The number of nitrogens with zero attached hydrogens (tertiary/aromatic N) is 1. The molecule has 0 spiro atoms. The van der Waals surface area contributed by atoms with E-state index in [9.17, 15) is 4.79 Å². The van der Waals surface area contributed by atoms with Crippen LogP contribution < -0.4 is 4.90 Å². The monoisotopic (exact) mass is 382 g/mol. The van der Waals surface area contributed by atoms with Gasteiger partial charge in [-0.05, 0) is 11.6 Å². The number of H-pyrrole nitrogens is 1. The van der Waals surface area contributed by atoms with E-state index in [1.807, 2.05) is 74.2 Å². The molecule has 146 valence electrons. The number of aromatic amines is 1. The Morgan fingerprint density at radius 1 is 0.828 bits per heavy atom. The van der Waals surface area contributed by atoms with Crippen molar-refractivity contribution in [2.75, 3.05) is 4.90 Å². The van der Waals surface area contributed by atoms with Crippen molar-refractivity contribution < 1.29 is 4.79 Å². The molecule has 0 saturated heterocycles. The molecule has 0 aliphatic heterocycles. The molecule has 0 bridgehead atoms. The van der Waals surface area contributed by atoms with Crippen LogP contribution in [0.15, 0.2) is 84.9 Å². The molecule has 1 N–H and O–H groups in total. The zero-order valence-corrected chi connectivity index (χ0v) is 17.1. The first-order valence-corrected chi connectivity index (χ1v) is 9.97. The van der Waals surface area contributed by atoms with E-state index in [4.69, 9.17) is 0 Å². The summed E-state index contributed by atoms with van der Waals surface area (Å²) >= 11 is 0. The molecule has 0 fully saturated rings. The van der Waals surface area contributed by atoms with Crippen molar-refractivity contribution in [3.05, 3.63) is 90.5 Å². The quantitative estimate of drug-likeness (QED) is 0.435. The standard InChI is InChI=1S/C26H26N2O/c1-26(2,3)25(29)28(18-19-12-6-4-7-13-19)24-21-16-10-11-17-22(21)27-23(24)20-14-8-5-9-15-20/h4-17,27H,18H2,1-3H3. The lowest BCUT2D eigenvalue weighted by atomic mass is 9.93. The van der Waals surface area contributed by atoms with Crippen molar-refractivity contribution in [2.45, 2.75) is 27.3 Å². The smallest absolute Gasteiger partial charge is 0.232 e. The number of fused-ring (bicyclic) bond motifs is 1. The van der Waals surface area contributed by atoms with Gasteiger partial charge < -0.3 is 9.88 Å². The zero-order chi connectivity index (χ0) is 20.4. The van der Waals surface area contributed by atoms with Crippen molar-refractivity contribution in [1.29, 1.82) is 0 Å². The molecule has 0 aliphatic carbocycles. The van der Waals surface area contributed by atoms with Gasteiger partial charge in [0, 0.05) is 21.9 Å². The van der Waals surface area contributed by atoms with Crippen LogP contribution in [0, 0.1) is 5.41 Å². The van der Waals surface area contributed by atoms with Crippen LogP contribution in [0.1, 0.15) is 26.3 Å². The van der Waals surface area contributed by atoms with Gasteiger partial charge in [0.2, 0.25) is 5.91 Å². The van der Waals surface area contributed by atoms with E-state index >= 15 is 0 Å². The van der Waals surface area contributed by atoms with Gasteiger partial charge in [-0.15, -0.1) is 0 Å². The average Bonchev–Trinajstić information content (AvgIpc) is 3.12. The molecular weight excluding hydrogens is 356 g/mol. The van der Waals surface area contributed by atoms with E-state index in [1.54, 1.807) is 0 Å². The number of hydrogen-bond acceptors (Lipinski definition) is 1. The molecule has 1 heterocycles. The number of hydrogen-bond donors (Lipinski definition) is 1. The highest BCUT2D eigenvalue weighted by molar-refractivity contribution is 6.10. The second-order valence-corrected chi connectivity index (χ2v) is 8.39. The van der Waals surface area contributed by atoms with Gasteiger partial charge in [0.1, 0.15) is 0 Å². The van der Waals surface area contributed by atoms with Gasteiger partial charge in [-0.1, -0.05) is 99.6 Å². The molecule has 0 aliphatic rings. The number of benzene rings is 3. The summed E-state index contributed by atoms with van der Waals surface area (Å²) < 4.78 is 0. The minimum Gasteiger partial charge on any atom is -0.353 e. The van der Waals surface area contributed by atoms with Crippen LogP contribution in [-0.2, 0) is 11.3 Å². The molecule has 3 heteroatoms. The number of para-hydroxylation sites is 1. The van der Waals surface area contributed by atoms with E-state index in [0.29, 0.717) is 6.54 Å². The lowest BCUT2D eigenvalue weighted by Gasteiger charge is -2.30. The summed E-state index contributed by atoms with van der Waals surface area (Å²) in [6.45, 7) is 6.46. The van der Waals surface area contributed by atoms with E-state index in [1.165, 1.54) is 0 Å². The average molecular weight is 383 g/mol. The maximum atomic E-state index is 13.6. The largest absolute Gasteiger partial charge is 0.353 e. The summed E-state index contributed by atoms with van der Waals surface area (Å²) in [5.41, 5.74) is 4.62. The molecule has 1 amide bonds. The minimum absolute atomic E-state index is 0.100. The van der Waals surface area contributed by atoms with Crippen molar-refractivity contribution in [3.8, 4) is 11.3 Å². The lowest BCUT2D eigenvalue weighted by Crippen LogP contribution is -2.39. The molecule has 0 radical (unpaired) electrons. The van der Waals surface area contributed by atoms with Crippen molar-refractivity contribution >= 4 is 22.5 Å². The topological polar surface area (TPSA) is 36.1 Å². The fourth-order valence-corrected chi connectivity index (χ4v) is 3.64. The Hall–Kier alpha value is -3.33. The number of carbonyl (C=O) groups is 1. The molecule has 4 aromatic rings. The van der Waals surface area contributed by atoms with Crippen LogP contribution in [0.3, 0.4) is 0 Å². The number of nitrogens with one attached hydrogen (secondary N) is 1. The highest BCUT2D eigenvalue weighted by atomic mass is 16.2. The minimum atomic E-state index is -0.499. The number of aromatic nitrogens is 1. The predicted molar refractivity (Wildman–Crippen MR) is 121 cm³/mol. The van der Waals surface area contributed by atoms with Gasteiger partial charge in [-0.3, -0.25) is 4.79 Å². The molecule has 3 nitrogen and oxygen atoms in total. The first-order valence-electron chi connectivity index (χ1n) is 9.97. The number of carbonyl (C=O) groups excluding carboxylic acids is 1. The zero-order valence-electron chi connectivity index (χ0n) is 17.1. The highest BCUT2D eigenvalue weighted by Gasteiger charge is 2.31. The Morgan fingerprint density at radius 2 is 1.41 bits per heavy atom. The highest BCUT2D eigenvalue weighted by Crippen LogP contribution is 2.40. The van der Waals surface area contributed by atoms with Crippen LogP contribution in [0.25, 0.3) is 22.2 Å². The molecular formula is C26H26N2O. The lowest BCUT2D eigenvalue weighted by molar-refractivity contribution is -0.125. The molecule has 4 rings (SSSR count). The summed E-state index contributed by atoms with van der Waals surface area (Å²) in [5, 5.41) is 1.06. The second kappa shape index (κ2) is 7.59. The van der Waals surface area contributed by atoms with Gasteiger partial charge >= 0.3 is 0 Å². The Morgan fingerprint density at radius 3 is 2.07 bits per heavy atom. The Labute approximate surface area is 172 Å². The Balaban J connectivity index is 1.95. The summed E-state index contributed by atoms with van der Waals surface area (Å²) in [5.74, 6) is 0.100. The van der Waals surface area contributed by atoms with Gasteiger partial charge in [-0.25, -0.2) is 0 Å². The fourth-order valence-electron chi connectivity index (χ4n) is 3.64. The SMILES string of the molecule is CC(C)(C)C(=O)N(Cc1ccccc1)c1c(-c2ccccc2)[nH]c2ccccc12. The maximum absolute atomic E-state index is 13.6. The van der Waals surface area contributed by atoms with Gasteiger partial charge in [0.25, 0.3) is 0 Å². The number of rotatable bonds is 4. The fraction of sp³-hybridized carbons (Fsp3) is 0.192. The molecule has 3 aromatic carbocycles. The van der Waals surface area contributed by atoms with Crippen molar-refractivity contribution in [2.24, 2.45) is 5.41 Å². The third kappa shape index (κ3) is 3.81. The molecule has 29 heavy (non-hydrogen) atoms. The van der Waals surface area contributed by atoms with E-state index in [-0.39, 0.29) is 5.91 Å². The number of anilines is 1. The van der Waals surface area contributed by atoms with Crippen molar-refractivity contribution in [3.63, 3.8) is 0 Å². The normalized spacial score (nSPS) is 11.6. The van der Waals surface area contributed by atoms with Crippen LogP contribution in [-0.4, -0.2) is 10.9 Å². The maximum Gasteiger partial charge on any atom is 0.232 e. The van der Waals surface area contributed by atoms with Gasteiger partial charge in [0.05, 0.1) is 17.9 Å². The summed E-state index contributed by atoms with van der Waals surface area (Å²) in [6, 6.07) is 28.6. The first-order chi connectivity index (χ1) is 13.9. The van der Waals surface area contributed by atoms with E-state index in [0.717, 1.165) is 33.4 Å². The second-order valence-electron chi connectivity index (χ2n) is 8.39. The Kier molecular flexibility index (Phi) is 4.98. The summed E-state index contributed by atoms with van der Waals surface area (Å²) in [6.07, 6.45) is 0. The third-order valence-corrected chi connectivity index (χ3v) is 5.08. The van der Waals surface area contributed by atoms with Crippen LogP contribution in [0.2, 0.25) is 0 Å². The molecule has 0 atom stereocenters. The molecule has 0 unspecified atom stereocenters. The summed E-state index contributed by atoms with van der Waals surface area (Å²) in [4.78, 5) is 19.1. The van der Waals surface area contributed by atoms with Crippen molar-refractivity contribution in [1.82, 2.24) is 4.98 Å². The first kappa shape index (κ1) is 19.0.